The number of hydrogen-bond acceptors (Lipinski definition) is 3. The van der Waals surface area contributed by atoms with E-state index >= 15 is 0 Å². The van der Waals surface area contributed by atoms with Crippen LogP contribution in [0.25, 0.3) is 0 Å². The predicted molar refractivity (Wildman–Crippen MR) is 95.9 cm³/mol. The quantitative estimate of drug-likeness (QED) is 0.663. The number of nitrogens with one attached hydrogen (secondary N) is 1. The van der Waals surface area contributed by atoms with E-state index < -0.39 is 0 Å². The second-order valence-corrected chi connectivity index (χ2v) is 7.24. The Bertz CT molecular complexity index is 576. The molecule has 1 heterocycles. The Kier molecular flexibility index (Phi) is 5.13. The molecule has 0 amide bonds. The molecule has 1 aromatic rings. The number of hydrogen-bond donors (Lipinski definition) is 1. The van der Waals surface area contributed by atoms with Gasteiger partial charge in [0.05, 0.1) is 12.3 Å². The lowest BCUT2D eigenvalue weighted by Crippen LogP contribution is -2.65. The molecule has 6 nitrogen and oxygen atoms in total. The van der Waals surface area contributed by atoms with Gasteiger partial charge in [-0.3, -0.25) is 9.67 Å². The summed E-state index contributed by atoms with van der Waals surface area (Å²) >= 11 is 0. The highest BCUT2D eigenvalue weighted by Crippen LogP contribution is 2.54. The molecule has 0 aliphatic heterocycles. The average molecular weight is 333 g/mol. The monoisotopic (exact) mass is 333 g/mol. The molecule has 2 unspecified atom stereocenters. The third kappa shape index (κ3) is 3.16. The minimum Gasteiger partial charge on any atom is -0.378 e. The van der Waals surface area contributed by atoms with Crippen molar-refractivity contribution in [3.05, 3.63) is 18.0 Å². The van der Waals surface area contributed by atoms with E-state index in [0.29, 0.717) is 17.6 Å². The second-order valence-electron chi connectivity index (χ2n) is 7.24. The molecule has 134 valence electrons. The van der Waals surface area contributed by atoms with Crippen LogP contribution in [0.5, 0.6) is 0 Å². The van der Waals surface area contributed by atoms with E-state index in [1.807, 2.05) is 25.0 Å². The molecule has 1 N–H and O–H groups in total. The van der Waals surface area contributed by atoms with Crippen molar-refractivity contribution in [2.75, 3.05) is 20.7 Å². The van der Waals surface area contributed by atoms with E-state index in [0.717, 1.165) is 25.5 Å². The first-order chi connectivity index (χ1) is 11.6. The summed E-state index contributed by atoms with van der Waals surface area (Å²) < 4.78 is 7.85. The summed E-state index contributed by atoms with van der Waals surface area (Å²) in [6, 6.07) is 0.478. The summed E-state index contributed by atoms with van der Waals surface area (Å²) in [5.74, 6) is 0.963. The van der Waals surface area contributed by atoms with Gasteiger partial charge in [-0.05, 0) is 26.2 Å². The predicted octanol–water partition coefficient (Wildman–Crippen LogP) is 2.17. The summed E-state index contributed by atoms with van der Waals surface area (Å²) in [4.78, 5) is 6.68. The van der Waals surface area contributed by atoms with Crippen molar-refractivity contribution in [1.82, 2.24) is 20.0 Å². The maximum atomic E-state index is 6.02. The van der Waals surface area contributed by atoms with Gasteiger partial charge in [-0.2, -0.15) is 5.10 Å². The largest absolute Gasteiger partial charge is 0.378 e. The summed E-state index contributed by atoms with van der Waals surface area (Å²) in [6.07, 6.45) is 10.7. The number of nitrogens with zero attached hydrogens (tertiary/aromatic N) is 4. The Hall–Kier alpha value is -1.56. The van der Waals surface area contributed by atoms with Crippen molar-refractivity contribution in [3.63, 3.8) is 0 Å². The van der Waals surface area contributed by atoms with Crippen LogP contribution in [-0.4, -0.2) is 53.5 Å². The van der Waals surface area contributed by atoms with Crippen LogP contribution in [0.1, 0.15) is 44.6 Å². The van der Waals surface area contributed by atoms with Crippen LogP contribution in [0.15, 0.2) is 17.4 Å². The van der Waals surface area contributed by atoms with Crippen LogP contribution < -0.4 is 5.32 Å². The maximum absolute atomic E-state index is 6.02. The van der Waals surface area contributed by atoms with Crippen molar-refractivity contribution < 1.29 is 4.74 Å². The Morgan fingerprint density at radius 1 is 1.50 bits per heavy atom. The van der Waals surface area contributed by atoms with Crippen LogP contribution >= 0.6 is 0 Å². The number of guanidine groups is 1. The summed E-state index contributed by atoms with van der Waals surface area (Å²) in [5.41, 5.74) is 1.51. The zero-order chi connectivity index (χ0) is 17.2. The zero-order valence-electron chi connectivity index (χ0n) is 15.5. The number of ether oxygens (including phenoxy) is 1. The maximum Gasteiger partial charge on any atom is 0.193 e. The van der Waals surface area contributed by atoms with E-state index in [9.17, 15) is 0 Å². The highest BCUT2D eigenvalue weighted by Gasteiger charge is 2.57. The van der Waals surface area contributed by atoms with Gasteiger partial charge in [-0.1, -0.05) is 12.8 Å². The first-order valence-corrected chi connectivity index (χ1v) is 9.12. The van der Waals surface area contributed by atoms with Gasteiger partial charge < -0.3 is 15.0 Å². The lowest BCUT2D eigenvalue weighted by atomic mass is 9.60. The first-order valence-electron chi connectivity index (χ1n) is 9.12. The molecular formula is C18H31N5O. The molecule has 2 saturated carbocycles. The van der Waals surface area contributed by atoms with Gasteiger partial charge in [-0.15, -0.1) is 0 Å². The Morgan fingerprint density at radius 3 is 2.83 bits per heavy atom. The standard InChI is InChI=1S/C18H31N5O/c1-5-24-16-10-15(18(16)8-6-7-9-18)21-17(19-2)22(3)12-14-11-20-23(4)13-14/h11,13,15-16H,5-10,12H2,1-4H3,(H,19,21). The summed E-state index contributed by atoms with van der Waals surface area (Å²) in [7, 11) is 5.90. The molecule has 1 spiro atoms. The molecule has 0 bridgehead atoms. The fraction of sp³-hybridized carbons (Fsp3) is 0.778. The SMILES string of the molecule is CCOC1CC(NC(=NC)N(C)Cc2cnn(C)c2)C12CCCC2. The van der Waals surface area contributed by atoms with E-state index in [1.165, 1.54) is 31.2 Å². The minimum absolute atomic E-state index is 0.321. The van der Waals surface area contributed by atoms with Gasteiger partial charge in [-0.25, -0.2) is 0 Å². The highest BCUT2D eigenvalue weighted by molar-refractivity contribution is 5.80. The highest BCUT2D eigenvalue weighted by atomic mass is 16.5. The number of rotatable bonds is 5. The van der Waals surface area contributed by atoms with Gasteiger partial charge in [0.25, 0.3) is 0 Å². The summed E-state index contributed by atoms with van der Waals surface area (Å²) in [6.45, 7) is 3.72. The van der Waals surface area contributed by atoms with Gasteiger partial charge in [0.15, 0.2) is 5.96 Å². The van der Waals surface area contributed by atoms with Crippen LogP contribution in [0.2, 0.25) is 0 Å². The van der Waals surface area contributed by atoms with Crippen LogP contribution in [0.3, 0.4) is 0 Å². The van der Waals surface area contributed by atoms with Gasteiger partial charge in [0.1, 0.15) is 0 Å². The molecule has 24 heavy (non-hydrogen) atoms. The smallest absolute Gasteiger partial charge is 0.193 e. The van der Waals surface area contributed by atoms with Crippen molar-refractivity contribution in [2.24, 2.45) is 17.5 Å². The molecule has 0 radical (unpaired) electrons. The minimum atomic E-state index is 0.321. The molecule has 0 saturated heterocycles. The van der Waals surface area contributed by atoms with Crippen molar-refractivity contribution in [3.8, 4) is 0 Å². The first kappa shape index (κ1) is 17.3. The van der Waals surface area contributed by atoms with Gasteiger partial charge in [0, 0.05) is 57.5 Å². The van der Waals surface area contributed by atoms with E-state index in [2.05, 4.69) is 40.5 Å². The van der Waals surface area contributed by atoms with Crippen LogP contribution in [0.4, 0.5) is 0 Å². The molecule has 2 atom stereocenters. The molecule has 6 heteroatoms. The number of aliphatic imine (C=N–C) groups is 1. The third-order valence-corrected chi connectivity index (χ3v) is 5.74. The van der Waals surface area contributed by atoms with Gasteiger partial charge >= 0.3 is 0 Å². The Balaban J connectivity index is 1.63. The van der Waals surface area contributed by atoms with E-state index in [1.54, 1.807) is 0 Å². The molecule has 3 rings (SSSR count). The molecule has 2 fully saturated rings. The molecule has 1 aromatic heterocycles. The third-order valence-electron chi connectivity index (χ3n) is 5.74. The fourth-order valence-electron chi connectivity index (χ4n) is 4.49. The second kappa shape index (κ2) is 7.13. The van der Waals surface area contributed by atoms with Gasteiger partial charge in [0.2, 0.25) is 0 Å². The van der Waals surface area contributed by atoms with Crippen molar-refractivity contribution in [1.29, 1.82) is 0 Å². The summed E-state index contributed by atoms with van der Waals surface area (Å²) in [5, 5.41) is 7.96. The molecule has 2 aliphatic carbocycles. The Labute approximate surface area is 145 Å². The molecular weight excluding hydrogens is 302 g/mol. The lowest BCUT2D eigenvalue weighted by Gasteiger charge is -2.54. The lowest BCUT2D eigenvalue weighted by molar-refractivity contribution is -0.126. The number of aryl methyl sites for hydroxylation is 1. The molecule has 2 aliphatic rings. The van der Waals surface area contributed by atoms with Crippen molar-refractivity contribution in [2.45, 2.75) is 57.7 Å². The molecule has 0 aromatic carbocycles. The average Bonchev–Trinajstić information content (AvgIpc) is 3.21. The van der Waals surface area contributed by atoms with Crippen LogP contribution in [-0.2, 0) is 18.3 Å². The normalized spacial score (nSPS) is 25.8. The van der Waals surface area contributed by atoms with Crippen molar-refractivity contribution >= 4 is 5.96 Å². The van der Waals surface area contributed by atoms with E-state index in [-0.39, 0.29) is 0 Å². The topological polar surface area (TPSA) is 54.7 Å². The zero-order valence-corrected chi connectivity index (χ0v) is 15.5. The Morgan fingerprint density at radius 2 is 2.25 bits per heavy atom. The number of aromatic nitrogens is 2. The fourth-order valence-corrected chi connectivity index (χ4v) is 4.49. The van der Waals surface area contributed by atoms with Crippen LogP contribution in [0, 0.1) is 5.41 Å². The van der Waals surface area contributed by atoms with E-state index in [4.69, 9.17) is 4.74 Å².